The molecular formula is C11H20N2O4S. The highest BCUT2D eigenvalue weighted by Gasteiger charge is 2.36. The van der Waals surface area contributed by atoms with E-state index in [0.717, 1.165) is 19.3 Å². The van der Waals surface area contributed by atoms with Crippen molar-refractivity contribution in [2.45, 2.75) is 32.1 Å². The van der Waals surface area contributed by atoms with E-state index in [0.29, 0.717) is 32.5 Å². The molecule has 0 bridgehead atoms. The first-order valence-corrected chi connectivity index (χ1v) is 7.89. The molecule has 7 heteroatoms. The fraction of sp³-hybridized carbons (Fsp3) is 0.909. The number of carboxylic acids is 1. The lowest BCUT2D eigenvalue weighted by molar-refractivity contribution is -0.142. The molecule has 2 aliphatic heterocycles. The van der Waals surface area contributed by atoms with Gasteiger partial charge in [0, 0.05) is 26.2 Å². The molecule has 2 aliphatic rings. The number of nitrogens with zero attached hydrogens (tertiary/aromatic N) is 2. The SMILES string of the molecule is O=C(O)[C@@H]1CCCN(S(=O)(=O)N2CCCCC2)C1. The van der Waals surface area contributed by atoms with Crippen molar-refractivity contribution in [3.05, 3.63) is 0 Å². The van der Waals surface area contributed by atoms with Gasteiger partial charge in [-0.15, -0.1) is 0 Å². The van der Waals surface area contributed by atoms with Crippen LogP contribution in [0.3, 0.4) is 0 Å². The van der Waals surface area contributed by atoms with Crippen molar-refractivity contribution in [3.63, 3.8) is 0 Å². The predicted octanol–water partition coefficient (Wildman–Crippen LogP) is 0.514. The van der Waals surface area contributed by atoms with E-state index in [1.807, 2.05) is 0 Å². The largest absolute Gasteiger partial charge is 0.481 e. The highest BCUT2D eigenvalue weighted by molar-refractivity contribution is 7.86. The number of hydrogen-bond acceptors (Lipinski definition) is 3. The van der Waals surface area contributed by atoms with Crippen LogP contribution >= 0.6 is 0 Å². The van der Waals surface area contributed by atoms with Crippen LogP contribution in [0.2, 0.25) is 0 Å². The zero-order valence-electron chi connectivity index (χ0n) is 10.4. The molecule has 0 aromatic rings. The van der Waals surface area contributed by atoms with Crippen molar-refractivity contribution in [3.8, 4) is 0 Å². The van der Waals surface area contributed by atoms with Crippen molar-refractivity contribution in [2.24, 2.45) is 5.92 Å². The summed E-state index contributed by atoms with van der Waals surface area (Å²) in [5.41, 5.74) is 0. The molecule has 0 aromatic heterocycles. The van der Waals surface area contributed by atoms with Gasteiger partial charge < -0.3 is 5.11 Å². The van der Waals surface area contributed by atoms with Crippen LogP contribution in [-0.4, -0.2) is 54.3 Å². The van der Waals surface area contributed by atoms with Crippen molar-refractivity contribution in [2.75, 3.05) is 26.2 Å². The first-order chi connectivity index (χ1) is 8.51. The Bertz CT molecular complexity index is 403. The van der Waals surface area contributed by atoms with E-state index in [1.54, 1.807) is 0 Å². The lowest BCUT2D eigenvalue weighted by atomic mass is 10.0. The summed E-state index contributed by atoms with van der Waals surface area (Å²) >= 11 is 0. The Morgan fingerprint density at radius 1 is 1.00 bits per heavy atom. The Kier molecular flexibility index (Phi) is 4.24. The van der Waals surface area contributed by atoms with Gasteiger partial charge in [0.15, 0.2) is 0 Å². The molecule has 1 N–H and O–H groups in total. The molecule has 18 heavy (non-hydrogen) atoms. The van der Waals surface area contributed by atoms with Crippen LogP contribution in [0.5, 0.6) is 0 Å². The minimum atomic E-state index is -3.45. The molecule has 2 saturated heterocycles. The van der Waals surface area contributed by atoms with E-state index in [1.165, 1.54) is 8.61 Å². The standard InChI is InChI=1S/C11H20N2O4S/c14-11(15)10-5-4-8-13(9-10)18(16,17)12-6-2-1-3-7-12/h10H,1-9H2,(H,14,15)/t10-/m1/s1. The summed E-state index contributed by atoms with van der Waals surface area (Å²) in [5, 5.41) is 9.00. The Hall–Kier alpha value is -0.660. The minimum absolute atomic E-state index is 0.119. The van der Waals surface area contributed by atoms with Crippen LogP contribution in [0.1, 0.15) is 32.1 Å². The molecule has 2 fully saturated rings. The van der Waals surface area contributed by atoms with E-state index in [-0.39, 0.29) is 6.54 Å². The van der Waals surface area contributed by atoms with Gasteiger partial charge >= 0.3 is 5.97 Å². The maximum Gasteiger partial charge on any atom is 0.307 e. The number of carbonyl (C=O) groups is 1. The van der Waals surface area contributed by atoms with E-state index in [9.17, 15) is 13.2 Å². The third kappa shape index (κ3) is 2.84. The predicted molar refractivity (Wildman–Crippen MR) is 66.3 cm³/mol. The van der Waals surface area contributed by atoms with Gasteiger partial charge in [-0.1, -0.05) is 6.42 Å². The third-order valence-corrected chi connectivity index (χ3v) is 5.70. The van der Waals surface area contributed by atoms with E-state index < -0.39 is 22.1 Å². The van der Waals surface area contributed by atoms with Gasteiger partial charge in [0.2, 0.25) is 0 Å². The summed E-state index contributed by atoms with van der Waals surface area (Å²) < 4.78 is 27.6. The summed E-state index contributed by atoms with van der Waals surface area (Å²) in [6, 6.07) is 0. The maximum absolute atomic E-state index is 12.4. The van der Waals surface area contributed by atoms with Gasteiger partial charge in [-0.05, 0) is 25.7 Å². The molecule has 104 valence electrons. The van der Waals surface area contributed by atoms with Crippen LogP contribution in [0.25, 0.3) is 0 Å². The molecule has 0 unspecified atom stereocenters. The molecule has 0 aromatic carbocycles. The topological polar surface area (TPSA) is 77.9 Å². The van der Waals surface area contributed by atoms with Crippen LogP contribution < -0.4 is 0 Å². The summed E-state index contributed by atoms with van der Waals surface area (Å²) in [6.45, 7) is 1.70. The molecule has 6 nitrogen and oxygen atoms in total. The number of rotatable bonds is 3. The Morgan fingerprint density at radius 2 is 1.61 bits per heavy atom. The second-order valence-corrected chi connectivity index (χ2v) is 6.93. The summed E-state index contributed by atoms with van der Waals surface area (Å²) in [4.78, 5) is 11.0. The molecule has 0 saturated carbocycles. The monoisotopic (exact) mass is 276 g/mol. The Morgan fingerprint density at radius 3 is 2.22 bits per heavy atom. The quantitative estimate of drug-likeness (QED) is 0.815. The second kappa shape index (κ2) is 5.54. The smallest absolute Gasteiger partial charge is 0.307 e. The first kappa shape index (κ1) is 13.8. The number of carboxylic acid groups (broad SMARTS) is 1. The van der Waals surface area contributed by atoms with Gasteiger partial charge in [-0.25, -0.2) is 0 Å². The molecule has 0 spiro atoms. The molecular weight excluding hydrogens is 256 g/mol. The molecule has 0 amide bonds. The van der Waals surface area contributed by atoms with Crippen molar-refractivity contribution in [1.29, 1.82) is 0 Å². The van der Waals surface area contributed by atoms with Gasteiger partial charge in [0.25, 0.3) is 10.2 Å². The normalized spacial score (nSPS) is 28.1. The molecule has 2 rings (SSSR count). The lowest BCUT2D eigenvalue weighted by Crippen LogP contribution is -2.50. The Balaban J connectivity index is 2.06. The van der Waals surface area contributed by atoms with E-state index in [4.69, 9.17) is 5.11 Å². The molecule has 0 radical (unpaired) electrons. The van der Waals surface area contributed by atoms with Crippen LogP contribution in [-0.2, 0) is 15.0 Å². The van der Waals surface area contributed by atoms with Crippen molar-refractivity contribution >= 4 is 16.2 Å². The highest BCUT2D eigenvalue weighted by atomic mass is 32.2. The van der Waals surface area contributed by atoms with E-state index >= 15 is 0 Å². The average molecular weight is 276 g/mol. The average Bonchev–Trinajstić information content (AvgIpc) is 2.40. The minimum Gasteiger partial charge on any atom is -0.481 e. The fourth-order valence-electron chi connectivity index (χ4n) is 2.61. The Labute approximate surface area is 108 Å². The summed E-state index contributed by atoms with van der Waals surface area (Å²) in [6.07, 6.45) is 4.07. The fourth-order valence-corrected chi connectivity index (χ4v) is 4.39. The first-order valence-electron chi connectivity index (χ1n) is 6.50. The number of piperidine rings is 2. The summed E-state index contributed by atoms with van der Waals surface area (Å²) in [7, 11) is -3.45. The number of aliphatic carboxylic acids is 1. The van der Waals surface area contributed by atoms with Gasteiger partial charge in [-0.3, -0.25) is 4.79 Å². The maximum atomic E-state index is 12.4. The summed E-state index contributed by atoms with van der Waals surface area (Å²) in [5.74, 6) is -1.45. The van der Waals surface area contributed by atoms with Crippen molar-refractivity contribution < 1.29 is 18.3 Å². The van der Waals surface area contributed by atoms with Crippen LogP contribution in [0.4, 0.5) is 0 Å². The van der Waals surface area contributed by atoms with Gasteiger partial charge in [0.1, 0.15) is 0 Å². The zero-order valence-corrected chi connectivity index (χ0v) is 11.2. The lowest BCUT2D eigenvalue weighted by Gasteiger charge is -2.35. The number of hydrogen-bond donors (Lipinski definition) is 1. The zero-order chi connectivity index (χ0) is 13.2. The molecule has 1 atom stereocenters. The van der Waals surface area contributed by atoms with Crippen LogP contribution in [0, 0.1) is 5.92 Å². The van der Waals surface area contributed by atoms with Crippen LogP contribution in [0.15, 0.2) is 0 Å². The van der Waals surface area contributed by atoms with E-state index in [2.05, 4.69) is 0 Å². The second-order valence-electron chi connectivity index (χ2n) is 5.00. The third-order valence-electron chi connectivity index (χ3n) is 3.70. The molecule has 0 aliphatic carbocycles. The molecule has 2 heterocycles. The van der Waals surface area contributed by atoms with Gasteiger partial charge in [-0.2, -0.15) is 17.0 Å². The van der Waals surface area contributed by atoms with Gasteiger partial charge in [0.05, 0.1) is 5.92 Å². The van der Waals surface area contributed by atoms with Crippen molar-refractivity contribution in [1.82, 2.24) is 8.61 Å². The highest BCUT2D eigenvalue weighted by Crippen LogP contribution is 2.23.